The predicted octanol–water partition coefficient (Wildman–Crippen LogP) is 2.04. The van der Waals surface area contributed by atoms with Crippen molar-refractivity contribution < 1.29 is 24.6 Å². The first kappa shape index (κ1) is 24.0. The molecular weight excluding hydrogens is 386 g/mol. The minimum atomic E-state index is -1.58. The highest BCUT2D eigenvalue weighted by Crippen LogP contribution is 2.26. The van der Waals surface area contributed by atoms with Gasteiger partial charge in [-0.05, 0) is 57.4 Å². The number of aliphatic hydroxyl groups is 1. The van der Waals surface area contributed by atoms with Gasteiger partial charge in [0.05, 0.1) is 12.0 Å². The molecule has 8 nitrogen and oxygen atoms in total. The number of hydrogen-bond donors (Lipinski definition) is 3. The maximum Gasteiger partial charge on any atom is 0.272 e. The molecule has 3 N–H and O–H groups in total. The Morgan fingerprint density at radius 3 is 2.30 bits per heavy atom. The van der Waals surface area contributed by atoms with Crippen LogP contribution in [0, 0.1) is 11.8 Å². The van der Waals surface area contributed by atoms with E-state index in [1.807, 2.05) is 58.9 Å². The summed E-state index contributed by atoms with van der Waals surface area (Å²) in [7, 11) is 0. The first-order valence-electron chi connectivity index (χ1n) is 10.6. The summed E-state index contributed by atoms with van der Waals surface area (Å²) in [6, 6.07) is 7.83. The van der Waals surface area contributed by atoms with E-state index < -0.39 is 17.9 Å². The standard InChI is InChI=1S/C22H35N3O5/c1-14(2)12-19(20(26)21(27)23-29)22(28)25-11-10-24(13-16(25)5)17-6-8-18(9-7-17)30-15(3)4/h6-9,14-16,19-20,26,29H,10-13H2,1-5H3,(H,23,27)/t16-,19+,20+/m1/s1. The number of aliphatic hydroxyl groups excluding tert-OH is 1. The summed E-state index contributed by atoms with van der Waals surface area (Å²) < 4.78 is 5.69. The van der Waals surface area contributed by atoms with E-state index in [0.29, 0.717) is 26.1 Å². The maximum absolute atomic E-state index is 13.2. The van der Waals surface area contributed by atoms with Crippen LogP contribution in [0.25, 0.3) is 0 Å². The van der Waals surface area contributed by atoms with Gasteiger partial charge in [0.1, 0.15) is 11.9 Å². The van der Waals surface area contributed by atoms with Crippen molar-refractivity contribution in [1.29, 1.82) is 0 Å². The molecule has 1 fully saturated rings. The molecule has 30 heavy (non-hydrogen) atoms. The number of benzene rings is 1. The average Bonchev–Trinajstić information content (AvgIpc) is 2.70. The third-order valence-corrected chi connectivity index (χ3v) is 5.29. The lowest BCUT2D eigenvalue weighted by Crippen LogP contribution is -2.57. The lowest BCUT2D eigenvalue weighted by Gasteiger charge is -2.42. The van der Waals surface area contributed by atoms with Crippen LogP contribution in [0.15, 0.2) is 24.3 Å². The number of hydrogen-bond acceptors (Lipinski definition) is 6. The highest BCUT2D eigenvalue weighted by atomic mass is 16.5. The molecule has 1 aromatic rings. The normalized spacial score (nSPS) is 19.0. The van der Waals surface area contributed by atoms with Crippen LogP contribution in [0.3, 0.4) is 0 Å². The van der Waals surface area contributed by atoms with Crippen molar-refractivity contribution in [3.05, 3.63) is 24.3 Å². The molecule has 0 saturated carbocycles. The van der Waals surface area contributed by atoms with Gasteiger partial charge in [0.15, 0.2) is 0 Å². The maximum atomic E-state index is 13.2. The molecule has 1 saturated heterocycles. The van der Waals surface area contributed by atoms with Gasteiger partial charge in [-0.15, -0.1) is 0 Å². The number of carbonyl (C=O) groups is 2. The number of anilines is 1. The summed E-state index contributed by atoms with van der Waals surface area (Å²) in [4.78, 5) is 28.8. The Balaban J connectivity index is 2.07. The quantitative estimate of drug-likeness (QED) is 0.439. The number of carbonyl (C=O) groups excluding carboxylic acids is 2. The fourth-order valence-electron chi connectivity index (χ4n) is 3.86. The molecule has 1 aliphatic rings. The lowest BCUT2D eigenvalue weighted by atomic mass is 9.89. The van der Waals surface area contributed by atoms with Crippen LogP contribution in [-0.2, 0) is 9.59 Å². The van der Waals surface area contributed by atoms with E-state index >= 15 is 0 Å². The van der Waals surface area contributed by atoms with Gasteiger partial charge in [0.2, 0.25) is 5.91 Å². The molecule has 0 spiro atoms. The molecule has 1 heterocycles. The highest BCUT2D eigenvalue weighted by Gasteiger charge is 2.38. The Morgan fingerprint density at radius 1 is 1.17 bits per heavy atom. The van der Waals surface area contributed by atoms with E-state index in [1.165, 1.54) is 5.48 Å². The SMILES string of the molecule is CC(C)C[C@H](C(=O)N1CCN(c2ccc(OC(C)C)cc2)C[C@H]1C)[C@H](O)C(=O)NO. The van der Waals surface area contributed by atoms with Gasteiger partial charge in [0, 0.05) is 31.4 Å². The third-order valence-electron chi connectivity index (χ3n) is 5.29. The van der Waals surface area contributed by atoms with E-state index in [9.17, 15) is 14.7 Å². The Kier molecular flexibility index (Phi) is 8.49. The number of ether oxygens (including phenoxy) is 1. The van der Waals surface area contributed by atoms with Crippen LogP contribution in [0.5, 0.6) is 5.75 Å². The molecule has 0 aliphatic carbocycles. The largest absolute Gasteiger partial charge is 0.491 e. The minimum Gasteiger partial charge on any atom is -0.491 e. The van der Waals surface area contributed by atoms with Gasteiger partial charge in [-0.3, -0.25) is 14.8 Å². The predicted molar refractivity (Wildman–Crippen MR) is 114 cm³/mol. The zero-order chi connectivity index (χ0) is 22.4. The highest BCUT2D eigenvalue weighted by molar-refractivity contribution is 5.89. The minimum absolute atomic E-state index is 0.0862. The zero-order valence-corrected chi connectivity index (χ0v) is 18.5. The van der Waals surface area contributed by atoms with Crippen LogP contribution in [0.4, 0.5) is 5.69 Å². The Morgan fingerprint density at radius 2 is 1.80 bits per heavy atom. The van der Waals surface area contributed by atoms with E-state index in [2.05, 4.69) is 4.90 Å². The Hall–Kier alpha value is -2.32. The molecule has 1 aliphatic heterocycles. The molecule has 2 amide bonds. The van der Waals surface area contributed by atoms with Gasteiger partial charge in [-0.25, -0.2) is 5.48 Å². The second-order valence-corrected chi connectivity index (χ2v) is 8.64. The van der Waals surface area contributed by atoms with Gasteiger partial charge >= 0.3 is 0 Å². The van der Waals surface area contributed by atoms with Crippen LogP contribution in [-0.4, -0.2) is 64.9 Å². The third kappa shape index (κ3) is 6.09. The van der Waals surface area contributed by atoms with Crippen molar-refractivity contribution in [3.8, 4) is 5.75 Å². The van der Waals surface area contributed by atoms with Gasteiger partial charge in [-0.1, -0.05) is 13.8 Å². The number of rotatable bonds is 8. The van der Waals surface area contributed by atoms with Crippen LogP contribution >= 0.6 is 0 Å². The van der Waals surface area contributed by atoms with Gasteiger partial charge in [0.25, 0.3) is 5.91 Å². The summed E-state index contributed by atoms with van der Waals surface area (Å²) in [5, 5.41) is 19.2. The summed E-state index contributed by atoms with van der Waals surface area (Å²) in [6.07, 6.45) is -1.10. The first-order valence-corrected chi connectivity index (χ1v) is 10.6. The van der Waals surface area contributed by atoms with E-state index in [4.69, 9.17) is 9.94 Å². The Bertz CT molecular complexity index is 707. The van der Waals surface area contributed by atoms with Crippen LogP contribution in [0.1, 0.15) is 41.0 Å². The van der Waals surface area contributed by atoms with Crippen molar-refractivity contribution in [3.63, 3.8) is 0 Å². The fourth-order valence-corrected chi connectivity index (χ4v) is 3.86. The van der Waals surface area contributed by atoms with Gasteiger partial charge in [-0.2, -0.15) is 0 Å². The number of hydroxylamine groups is 1. The summed E-state index contributed by atoms with van der Waals surface area (Å²) >= 11 is 0. The fraction of sp³-hybridized carbons (Fsp3) is 0.636. The van der Waals surface area contributed by atoms with Crippen molar-refractivity contribution in [2.75, 3.05) is 24.5 Å². The van der Waals surface area contributed by atoms with Gasteiger partial charge < -0.3 is 19.6 Å². The second kappa shape index (κ2) is 10.6. The van der Waals surface area contributed by atoms with Crippen molar-refractivity contribution >= 4 is 17.5 Å². The topological polar surface area (TPSA) is 102 Å². The second-order valence-electron chi connectivity index (χ2n) is 8.64. The van der Waals surface area contributed by atoms with Crippen molar-refractivity contribution in [2.45, 2.75) is 59.3 Å². The Labute approximate surface area is 178 Å². The lowest BCUT2D eigenvalue weighted by molar-refractivity contribution is -0.152. The summed E-state index contributed by atoms with van der Waals surface area (Å²) in [6.45, 7) is 11.6. The first-order chi connectivity index (χ1) is 14.1. The summed E-state index contributed by atoms with van der Waals surface area (Å²) in [5.74, 6) is -1.17. The molecule has 0 radical (unpaired) electrons. The number of amides is 2. The smallest absolute Gasteiger partial charge is 0.272 e. The molecule has 3 atom stereocenters. The molecular formula is C22H35N3O5. The number of nitrogens with one attached hydrogen (secondary N) is 1. The molecule has 0 aromatic heterocycles. The molecule has 2 rings (SSSR count). The average molecular weight is 422 g/mol. The number of nitrogens with zero attached hydrogens (tertiary/aromatic N) is 2. The molecule has 1 aromatic carbocycles. The molecule has 168 valence electrons. The molecule has 8 heteroatoms. The van der Waals surface area contributed by atoms with Crippen molar-refractivity contribution in [1.82, 2.24) is 10.4 Å². The summed E-state index contributed by atoms with van der Waals surface area (Å²) in [5.41, 5.74) is 2.51. The van der Waals surface area contributed by atoms with Crippen molar-refractivity contribution in [2.24, 2.45) is 11.8 Å². The van der Waals surface area contributed by atoms with Crippen LogP contribution in [0.2, 0.25) is 0 Å². The van der Waals surface area contributed by atoms with E-state index in [-0.39, 0.29) is 24.0 Å². The molecule has 0 bridgehead atoms. The zero-order valence-electron chi connectivity index (χ0n) is 18.5. The van der Waals surface area contributed by atoms with E-state index in [1.54, 1.807) is 4.90 Å². The van der Waals surface area contributed by atoms with Crippen LogP contribution < -0.4 is 15.1 Å². The molecule has 0 unspecified atom stereocenters. The van der Waals surface area contributed by atoms with E-state index in [0.717, 1.165) is 11.4 Å². The monoisotopic (exact) mass is 421 g/mol. The number of piperazine rings is 1.